The number of carbonyl (C=O) groups is 2. The van der Waals surface area contributed by atoms with E-state index in [2.05, 4.69) is 16.7 Å². The summed E-state index contributed by atoms with van der Waals surface area (Å²) in [6.07, 6.45) is 1.10. The fourth-order valence-corrected chi connectivity index (χ4v) is 3.50. The molecule has 0 saturated heterocycles. The van der Waals surface area contributed by atoms with Gasteiger partial charge in [0.25, 0.3) is 5.91 Å². The zero-order chi connectivity index (χ0) is 18.6. The van der Waals surface area contributed by atoms with Crippen molar-refractivity contribution in [3.63, 3.8) is 0 Å². The lowest BCUT2D eigenvalue weighted by atomic mass is 10.1. The zero-order valence-corrected chi connectivity index (χ0v) is 15.6. The van der Waals surface area contributed by atoms with Crippen LogP contribution in [0.15, 0.2) is 18.2 Å². The maximum atomic E-state index is 12.7. The molecule has 5 nitrogen and oxygen atoms in total. The molecule has 2 aromatic rings. The zero-order valence-electron chi connectivity index (χ0n) is 14.8. The summed E-state index contributed by atoms with van der Waals surface area (Å²) in [6, 6.07) is 7.80. The molecule has 0 unspecified atom stereocenters. The molecule has 1 aromatic carbocycles. The third-order valence-corrected chi connectivity index (χ3v) is 5.25. The molecular formula is C19H21N3O2S. The Bertz CT molecular complexity index is 862. The minimum atomic E-state index is -0.274. The molecule has 2 rings (SSSR count). The van der Waals surface area contributed by atoms with E-state index in [1.165, 1.54) is 0 Å². The van der Waals surface area contributed by atoms with Gasteiger partial charge in [-0.15, -0.1) is 11.3 Å². The normalized spacial score (nSPS) is 10.2. The molecule has 0 fully saturated rings. The number of hydrogen-bond donors (Lipinski definition) is 2. The highest BCUT2D eigenvalue weighted by Gasteiger charge is 2.21. The predicted molar refractivity (Wildman–Crippen MR) is 101 cm³/mol. The number of rotatable bonds is 5. The fraction of sp³-hybridized carbons (Fsp3) is 0.316. The van der Waals surface area contributed by atoms with Crippen LogP contribution in [0.3, 0.4) is 0 Å². The number of thiophene rings is 1. The van der Waals surface area contributed by atoms with Gasteiger partial charge >= 0.3 is 0 Å². The van der Waals surface area contributed by atoms with Crippen molar-refractivity contribution in [1.29, 1.82) is 5.26 Å². The molecule has 130 valence electrons. The topological polar surface area (TPSA) is 82.0 Å². The number of nitrogens with zero attached hydrogens (tertiary/aromatic N) is 1. The predicted octanol–water partition coefficient (Wildman–Crippen LogP) is 4.54. The number of aryl methyl sites for hydroxylation is 1. The summed E-state index contributed by atoms with van der Waals surface area (Å²) in [5.74, 6) is -0.426. The first-order valence-electron chi connectivity index (χ1n) is 8.09. The van der Waals surface area contributed by atoms with Gasteiger partial charge in [-0.25, -0.2) is 0 Å². The van der Waals surface area contributed by atoms with Crippen LogP contribution in [0.4, 0.5) is 10.7 Å². The Labute approximate surface area is 151 Å². The SMILES string of the molecule is CCCC(=O)Nc1sc(C(=O)Nc2cccc(C)c2C)c(C)c1C#N. The summed E-state index contributed by atoms with van der Waals surface area (Å²) in [4.78, 5) is 24.9. The maximum Gasteiger partial charge on any atom is 0.266 e. The standard InChI is InChI=1S/C19H21N3O2S/c1-5-7-16(23)22-19-14(10-20)13(4)17(25-19)18(24)21-15-9-6-8-11(2)12(15)3/h6,8-9H,5,7H2,1-4H3,(H,21,24)(H,22,23). The highest BCUT2D eigenvalue weighted by molar-refractivity contribution is 7.18. The summed E-state index contributed by atoms with van der Waals surface area (Å²) in [6.45, 7) is 7.57. The first-order valence-corrected chi connectivity index (χ1v) is 8.91. The molecule has 0 spiro atoms. The van der Waals surface area contributed by atoms with Gasteiger partial charge in [-0.05, 0) is 49.9 Å². The molecule has 0 atom stereocenters. The minimum Gasteiger partial charge on any atom is -0.321 e. The average molecular weight is 355 g/mol. The number of hydrogen-bond acceptors (Lipinski definition) is 4. The largest absolute Gasteiger partial charge is 0.321 e. The van der Waals surface area contributed by atoms with Gasteiger partial charge in [-0.2, -0.15) is 5.26 Å². The van der Waals surface area contributed by atoms with Crippen molar-refractivity contribution in [2.24, 2.45) is 0 Å². The van der Waals surface area contributed by atoms with Crippen molar-refractivity contribution in [1.82, 2.24) is 0 Å². The Balaban J connectivity index is 2.31. The number of nitriles is 1. The molecule has 2 N–H and O–H groups in total. The molecule has 0 radical (unpaired) electrons. The van der Waals surface area contributed by atoms with Crippen molar-refractivity contribution in [2.75, 3.05) is 10.6 Å². The molecule has 25 heavy (non-hydrogen) atoms. The van der Waals surface area contributed by atoms with E-state index in [9.17, 15) is 14.9 Å². The van der Waals surface area contributed by atoms with Crippen LogP contribution in [-0.2, 0) is 4.79 Å². The molecular weight excluding hydrogens is 334 g/mol. The smallest absolute Gasteiger partial charge is 0.266 e. The first-order chi connectivity index (χ1) is 11.9. The number of anilines is 2. The lowest BCUT2D eigenvalue weighted by Gasteiger charge is -2.09. The number of benzene rings is 1. The van der Waals surface area contributed by atoms with Gasteiger partial charge in [-0.1, -0.05) is 19.1 Å². The van der Waals surface area contributed by atoms with Crippen molar-refractivity contribution in [2.45, 2.75) is 40.5 Å². The second kappa shape index (κ2) is 7.95. The van der Waals surface area contributed by atoms with Gasteiger partial charge in [0.1, 0.15) is 11.1 Å². The Morgan fingerprint density at radius 1 is 1.16 bits per heavy atom. The van der Waals surface area contributed by atoms with Crippen molar-refractivity contribution < 1.29 is 9.59 Å². The van der Waals surface area contributed by atoms with E-state index in [0.717, 1.165) is 34.6 Å². The minimum absolute atomic E-state index is 0.151. The Kier molecular flexibility index (Phi) is 5.94. The van der Waals surface area contributed by atoms with Crippen molar-refractivity contribution in [3.8, 4) is 6.07 Å². The molecule has 0 saturated carbocycles. The average Bonchev–Trinajstić information content (AvgIpc) is 2.87. The van der Waals surface area contributed by atoms with Crippen LogP contribution < -0.4 is 10.6 Å². The molecule has 1 heterocycles. The second-order valence-corrected chi connectivity index (χ2v) is 6.89. The van der Waals surface area contributed by atoms with Gasteiger partial charge in [0.2, 0.25) is 5.91 Å². The lowest BCUT2D eigenvalue weighted by molar-refractivity contribution is -0.116. The van der Waals surface area contributed by atoms with Gasteiger partial charge in [0.05, 0.1) is 10.4 Å². The number of amides is 2. The second-order valence-electron chi connectivity index (χ2n) is 5.87. The van der Waals surface area contributed by atoms with E-state index in [0.29, 0.717) is 27.4 Å². The van der Waals surface area contributed by atoms with E-state index in [1.807, 2.05) is 39.0 Å². The van der Waals surface area contributed by atoms with Crippen LogP contribution in [0.1, 0.15) is 51.7 Å². The molecule has 0 aliphatic rings. The molecule has 0 bridgehead atoms. The van der Waals surface area contributed by atoms with Gasteiger partial charge < -0.3 is 10.6 Å². The summed E-state index contributed by atoms with van der Waals surface area (Å²) < 4.78 is 0. The Morgan fingerprint density at radius 2 is 1.88 bits per heavy atom. The Hall–Kier alpha value is -2.65. The highest BCUT2D eigenvalue weighted by Crippen LogP contribution is 2.33. The van der Waals surface area contributed by atoms with E-state index in [-0.39, 0.29) is 11.8 Å². The summed E-state index contributed by atoms with van der Waals surface area (Å²) in [5.41, 5.74) is 3.77. The Morgan fingerprint density at radius 3 is 2.52 bits per heavy atom. The highest BCUT2D eigenvalue weighted by atomic mass is 32.1. The first kappa shape index (κ1) is 18.7. The van der Waals surface area contributed by atoms with E-state index < -0.39 is 0 Å². The fourth-order valence-electron chi connectivity index (χ4n) is 2.43. The van der Waals surface area contributed by atoms with Crippen LogP contribution in [0, 0.1) is 32.1 Å². The van der Waals surface area contributed by atoms with Gasteiger partial charge in [0, 0.05) is 12.1 Å². The molecule has 6 heteroatoms. The van der Waals surface area contributed by atoms with Gasteiger partial charge in [-0.3, -0.25) is 9.59 Å². The van der Waals surface area contributed by atoms with Crippen LogP contribution in [-0.4, -0.2) is 11.8 Å². The number of nitrogens with one attached hydrogen (secondary N) is 2. The maximum absolute atomic E-state index is 12.7. The van der Waals surface area contributed by atoms with Crippen LogP contribution in [0.2, 0.25) is 0 Å². The van der Waals surface area contributed by atoms with Crippen LogP contribution in [0.25, 0.3) is 0 Å². The third-order valence-electron chi connectivity index (χ3n) is 4.05. The molecule has 0 aliphatic carbocycles. The summed E-state index contributed by atoms with van der Waals surface area (Å²) >= 11 is 1.14. The quantitative estimate of drug-likeness (QED) is 0.826. The lowest BCUT2D eigenvalue weighted by Crippen LogP contribution is -2.12. The van der Waals surface area contributed by atoms with E-state index >= 15 is 0 Å². The van der Waals surface area contributed by atoms with Crippen LogP contribution in [0.5, 0.6) is 0 Å². The third kappa shape index (κ3) is 4.06. The monoisotopic (exact) mass is 355 g/mol. The summed E-state index contributed by atoms with van der Waals surface area (Å²) in [5, 5.41) is 15.5. The van der Waals surface area contributed by atoms with E-state index in [4.69, 9.17) is 0 Å². The molecule has 0 aliphatic heterocycles. The summed E-state index contributed by atoms with van der Waals surface area (Å²) in [7, 11) is 0. The van der Waals surface area contributed by atoms with Gasteiger partial charge in [0.15, 0.2) is 0 Å². The van der Waals surface area contributed by atoms with E-state index in [1.54, 1.807) is 6.92 Å². The van der Waals surface area contributed by atoms with Crippen LogP contribution >= 0.6 is 11.3 Å². The van der Waals surface area contributed by atoms with Crippen molar-refractivity contribution in [3.05, 3.63) is 45.3 Å². The molecule has 2 amide bonds. The van der Waals surface area contributed by atoms with Crippen molar-refractivity contribution >= 4 is 33.8 Å². The number of carbonyl (C=O) groups excluding carboxylic acids is 2. The molecule has 1 aromatic heterocycles.